The van der Waals surface area contributed by atoms with Gasteiger partial charge in [-0.2, -0.15) is 0 Å². The van der Waals surface area contributed by atoms with Crippen molar-refractivity contribution < 1.29 is 9.53 Å². The summed E-state index contributed by atoms with van der Waals surface area (Å²) in [6.07, 6.45) is 2.32. The zero-order chi connectivity index (χ0) is 7.98. The lowest BCUT2D eigenvalue weighted by Gasteiger charge is -2.06. The van der Waals surface area contributed by atoms with Gasteiger partial charge >= 0.3 is 5.97 Å². The lowest BCUT2D eigenvalue weighted by molar-refractivity contribution is -0.147. The van der Waals surface area contributed by atoms with Crippen molar-refractivity contribution in [3.8, 4) is 0 Å². The molecular weight excluding hydrogens is 130 g/mol. The second-order valence-electron chi connectivity index (χ2n) is 2.06. The summed E-state index contributed by atoms with van der Waals surface area (Å²) in [6, 6.07) is 0. The summed E-state index contributed by atoms with van der Waals surface area (Å²) in [7, 11) is 0. The SMILES string of the molecule is C=CCC(C)C(=O)OCN. The Labute approximate surface area is 60.9 Å². The van der Waals surface area contributed by atoms with Gasteiger partial charge in [0.15, 0.2) is 0 Å². The van der Waals surface area contributed by atoms with E-state index in [1.165, 1.54) is 0 Å². The predicted octanol–water partition coefficient (Wildman–Crippen LogP) is 0.658. The van der Waals surface area contributed by atoms with Crippen LogP contribution in [0.4, 0.5) is 0 Å². The standard InChI is InChI=1S/C7H13NO2/c1-3-4-6(2)7(9)10-5-8/h3,6H,1,4-5,8H2,2H3. The van der Waals surface area contributed by atoms with Crippen LogP contribution in [0.3, 0.4) is 0 Å². The predicted molar refractivity (Wildman–Crippen MR) is 39.1 cm³/mol. The Hall–Kier alpha value is -0.830. The van der Waals surface area contributed by atoms with Crippen molar-refractivity contribution in [3.05, 3.63) is 12.7 Å². The van der Waals surface area contributed by atoms with E-state index in [9.17, 15) is 4.79 Å². The molecule has 10 heavy (non-hydrogen) atoms. The molecule has 0 amide bonds. The Kier molecular flexibility index (Phi) is 4.58. The summed E-state index contributed by atoms with van der Waals surface area (Å²) in [6.45, 7) is 5.24. The first-order valence-corrected chi connectivity index (χ1v) is 3.20. The molecule has 1 unspecified atom stereocenters. The molecule has 0 aromatic rings. The van der Waals surface area contributed by atoms with E-state index in [1.807, 2.05) is 0 Å². The topological polar surface area (TPSA) is 52.3 Å². The highest BCUT2D eigenvalue weighted by Crippen LogP contribution is 2.03. The average molecular weight is 143 g/mol. The fourth-order valence-corrected chi connectivity index (χ4v) is 0.571. The molecule has 0 fully saturated rings. The van der Waals surface area contributed by atoms with Crippen molar-refractivity contribution in [1.29, 1.82) is 0 Å². The Morgan fingerprint density at radius 1 is 1.90 bits per heavy atom. The molecule has 0 saturated heterocycles. The molecule has 0 spiro atoms. The molecule has 0 radical (unpaired) electrons. The number of nitrogens with two attached hydrogens (primary N) is 1. The normalized spacial score (nSPS) is 12.2. The summed E-state index contributed by atoms with van der Waals surface area (Å²) < 4.78 is 4.55. The molecule has 0 heterocycles. The minimum Gasteiger partial charge on any atom is -0.450 e. The Balaban J connectivity index is 3.58. The van der Waals surface area contributed by atoms with Crippen LogP contribution in [0.1, 0.15) is 13.3 Å². The van der Waals surface area contributed by atoms with Crippen LogP contribution in [0.5, 0.6) is 0 Å². The maximum absolute atomic E-state index is 10.8. The third-order valence-corrected chi connectivity index (χ3v) is 1.15. The zero-order valence-electron chi connectivity index (χ0n) is 6.17. The van der Waals surface area contributed by atoms with Gasteiger partial charge in [-0.05, 0) is 6.42 Å². The Morgan fingerprint density at radius 2 is 2.50 bits per heavy atom. The highest BCUT2D eigenvalue weighted by molar-refractivity contribution is 5.72. The highest BCUT2D eigenvalue weighted by atomic mass is 16.5. The van der Waals surface area contributed by atoms with E-state index in [1.54, 1.807) is 13.0 Å². The van der Waals surface area contributed by atoms with Gasteiger partial charge in [-0.25, -0.2) is 0 Å². The number of rotatable bonds is 4. The molecule has 3 heteroatoms. The van der Waals surface area contributed by atoms with Crippen LogP contribution in [0.15, 0.2) is 12.7 Å². The van der Waals surface area contributed by atoms with Crippen LogP contribution in [0, 0.1) is 5.92 Å². The summed E-state index contributed by atoms with van der Waals surface area (Å²) in [5.74, 6) is -0.386. The molecule has 2 N–H and O–H groups in total. The highest BCUT2D eigenvalue weighted by Gasteiger charge is 2.10. The Morgan fingerprint density at radius 3 is 2.90 bits per heavy atom. The van der Waals surface area contributed by atoms with Gasteiger partial charge in [0.2, 0.25) is 0 Å². The number of hydrogen-bond donors (Lipinski definition) is 1. The lowest BCUT2D eigenvalue weighted by Crippen LogP contribution is -2.18. The maximum Gasteiger partial charge on any atom is 0.310 e. The van der Waals surface area contributed by atoms with Crippen LogP contribution >= 0.6 is 0 Å². The number of allylic oxidation sites excluding steroid dienone is 1. The first-order valence-electron chi connectivity index (χ1n) is 3.20. The Bertz CT molecular complexity index is 123. The third-order valence-electron chi connectivity index (χ3n) is 1.15. The van der Waals surface area contributed by atoms with Gasteiger partial charge < -0.3 is 4.74 Å². The minimum absolute atomic E-state index is 0.0414. The number of hydrogen-bond acceptors (Lipinski definition) is 3. The van der Waals surface area contributed by atoms with Crippen LogP contribution < -0.4 is 5.73 Å². The van der Waals surface area contributed by atoms with Crippen LogP contribution in [0.25, 0.3) is 0 Å². The third kappa shape index (κ3) is 3.25. The van der Waals surface area contributed by atoms with Gasteiger partial charge in [-0.1, -0.05) is 13.0 Å². The quantitative estimate of drug-likeness (QED) is 0.357. The monoisotopic (exact) mass is 143 g/mol. The van der Waals surface area contributed by atoms with Crippen molar-refractivity contribution in [1.82, 2.24) is 0 Å². The van der Waals surface area contributed by atoms with E-state index < -0.39 is 0 Å². The number of esters is 1. The summed E-state index contributed by atoms with van der Waals surface area (Å²) >= 11 is 0. The molecule has 0 aliphatic rings. The lowest BCUT2D eigenvalue weighted by atomic mass is 10.1. The van der Waals surface area contributed by atoms with E-state index in [0.29, 0.717) is 6.42 Å². The summed E-state index contributed by atoms with van der Waals surface area (Å²) in [5, 5.41) is 0. The van der Waals surface area contributed by atoms with E-state index in [2.05, 4.69) is 11.3 Å². The molecule has 0 aromatic heterocycles. The van der Waals surface area contributed by atoms with Crippen molar-refractivity contribution in [2.45, 2.75) is 13.3 Å². The fourth-order valence-electron chi connectivity index (χ4n) is 0.571. The molecule has 0 saturated carbocycles. The summed E-state index contributed by atoms with van der Waals surface area (Å²) in [4.78, 5) is 10.8. The fraction of sp³-hybridized carbons (Fsp3) is 0.571. The van der Waals surface area contributed by atoms with E-state index >= 15 is 0 Å². The molecule has 0 rings (SSSR count). The van der Waals surface area contributed by atoms with Crippen molar-refractivity contribution in [2.75, 3.05) is 6.73 Å². The zero-order valence-corrected chi connectivity index (χ0v) is 6.17. The van der Waals surface area contributed by atoms with Gasteiger partial charge in [0.05, 0.1) is 5.92 Å². The average Bonchev–Trinajstić information content (AvgIpc) is 1.89. The molecule has 0 aromatic carbocycles. The molecule has 58 valence electrons. The smallest absolute Gasteiger partial charge is 0.310 e. The van der Waals surface area contributed by atoms with Crippen molar-refractivity contribution in [3.63, 3.8) is 0 Å². The van der Waals surface area contributed by atoms with Gasteiger partial charge in [-0.15, -0.1) is 6.58 Å². The van der Waals surface area contributed by atoms with E-state index in [-0.39, 0.29) is 18.6 Å². The van der Waals surface area contributed by atoms with Crippen molar-refractivity contribution in [2.24, 2.45) is 11.7 Å². The van der Waals surface area contributed by atoms with Crippen LogP contribution in [0.2, 0.25) is 0 Å². The van der Waals surface area contributed by atoms with Gasteiger partial charge in [-0.3, -0.25) is 10.5 Å². The molecule has 0 aliphatic heterocycles. The molecule has 1 atom stereocenters. The molecular formula is C7H13NO2. The second-order valence-corrected chi connectivity index (χ2v) is 2.06. The summed E-state index contributed by atoms with van der Waals surface area (Å²) in [5.41, 5.74) is 4.99. The molecule has 0 aliphatic carbocycles. The largest absolute Gasteiger partial charge is 0.450 e. The van der Waals surface area contributed by atoms with Gasteiger partial charge in [0.1, 0.15) is 6.73 Å². The minimum atomic E-state index is -0.262. The molecule has 0 bridgehead atoms. The second kappa shape index (κ2) is 4.99. The molecule has 3 nitrogen and oxygen atoms in total. The maximum atomic E-state index is 10.8. The number of ether oxygens (including phenoxy) is 1. The van der Waals surface area contributed by atoms with Crippen molar-refractivity contribution >= 4 is 5.97 Å². The number of carbonyl (C=O) groups is 1. The van der Waals surface area contributed by atoms with Crippen LogP contribution in [-0.2, 0) is 9.53 Å². The first-order chi connectivity index (χ1) is 4.72. The first kappa shape index (κ1) is 9.17. The van der Waals surface area contributed by atoms with Gasteiger partial charge in [0, 0.05) is 0 Å². The van der Waals surface area contributed by atoms with Gasteiger partial charge in [0.25, 0.3) is 0 Å². The number of carbonyl (C=O) groups excluding carboxylic acids is 1. The van der Waals surface area contributed by atoms with Crippen LogP contribution in [-0.4, -0.2) is 12.7 Å². The van der Waals surface area contributed by atoms with E-state index in [4.69, 9.17) is 5.73 Å². The van der Waals surface area contributed by atoms with E-state index in [0.717, 1.165) is 0 Å².